The number of halogens is 1. The average Bonchev–Trinajstić information content (AvgIpc) is 3.11. The first kappa shape index (κ1) is 18.6. The van der Waals surface area contributed by atoms with Gasteiger partial charge in [0.15, 0.2) is 5.82 Å². The topological polar surface area (TPSA) is 99.8 Å². The van der Waals surface area contributed by atoms with Crippen molar-refractivity contribution in [2.24, 2.45) is 0 Å². The van der Waals surface area contributed by atoms with Gasteiger partial charge in [-0.15, -0.1) is 5.10 Å². The molecule has 0 saturated carbocycles. The summed E-state index contributed by atoms with van der Waals surface area (Å²) in [4.78, 5) is 27.3. The summed E-state index contributed by atoms with van der Waals surface area (Å²) in [5.41, 5.74) is 1.61. The molecule has 7 nitrogen and oxygen atoms in total. The fraction of sp³-hybridized carbons (Fsp3) is 0.111. The maximum absolute atomic E-state index is 13.5. The molecular weight excluding hydrogens is 369 g/mol. The van der Waals surface area contributed by atoms with Crippen molar-refractivity contribution >= 4 is 35.0 Å². The average molecular weight is 385 g/mol. The van der Waals surface area contributed by atoms with E-state index < -0.39 is 5.82 Å². The Morgan fingerprint density at radius 3 is 2.56 bits per heavy atom. The third-order valence-corrected chi connectivity index (χ3v) is 4.27. The predicted octanol–water partition coefficient (Wildman–Crippen LogP) is 3.30. The number of hydrogen-bond acceptors (Lipinski definition) is 5. The number of carbonyl (C=O) groups is 2. The number of rotatable bonds is 6. The first-order valence-electron chi connectivity index (χ1n) is 7.99. The van der Waals surface area contributed by atoms with Gasteiger partial charge in [-0.3, -0.25) is 14.7 Å². The van der Waals surface area contributed by atoms with E-state index in [1.54, 1.807) is 36.4 Å². The summed E-state index contributed by atoms with van der Waals surface area (Å²) in [5, 5.41) is 12.5. The number of thioether (sulfide) groups is 1. The lowest BCUT2D eigenvalue weighted by atomic mass is 10.2. The summed E-state index contributed by atoms with van der Waals surface area (Å²) in [7, 11) is 0. The number of aromatic nitrogens is 3. The minimum absolute atomic E-state index is 0.0487. The van der Waals surface area contributed by atoms with Crippen molar-refractivity contribution in [3.63, 3.8) is 0 Å². The van der Waals surface area contributed by atoms with E-state index in [4.69, 9.17) is 0 Å². The third kappa shape index (κ3) is 5.14. The Hall–Kier alpha value is -3.20. The van der Waals surface area contributed by atoms with Gasteiger partial charge in [0.2, 0.25) is 17.0 Å². The van der Waals surface area contributed by atoms with Gasteiger partial charge in [0.25, 0.3) is 0 Å². The molecular formula is C18H16FN5O2S. The van der Waals surface area contributed by atoms with Crippen LogP contribution in [-0.2, 0) is 9.59 Å². The largest absolute Gasteiger partial charge is 0.326 e. The normalized spacial score (nSPS) is 10.4. The van der Waals surface area contributed by atoms with Crippen LogP contribution in [0.3, 0.4) is 0 Å². The lowest BCUT2D eigenvalue weighted by Gasteiger charge is -2.04. The first-order valence-corrected chi connectivity index (χ1v) is 8.97. The second-order valence-corrected chi connectivity index (χ2v) is 6.48. The Morgan fingerprint density at radius 2 is 1.85 bits per heavy atom. The molecule has 9 heteroatoms. The fourth-order valence-electron chi connectivity index (χ4n) is 2.23. The number of H-pyrrole nitrogens is 1. The van der Waals surface area contributed by atoms with Crippen molar-refractivity contribution in [1.29, 1.82) is 0 Å². The zero-order chi connectivity index (χ0) is 19.2. The Labute approximate surface area is 158 Å². The van der Waals surface area contributed by atoms with Gasteiger partial charge >= 0.3 is 0 Å². The number of aromatic amines is 1. The quantitative estimate of drug-likeness (QED) is 0.566. The van der Waals surface area contributed by atoms with E-state index in [9.17, 15) is 14.0 Å². The summed E-state index contributed by atoms with van der Waals surface area (Å²) in [5.74, 6) is -0.390. The van der Waals surface area contributed by atoms with Crippen LogP contribution in [0.25, 0.3) is 11.4 Å². The van der Waals surface area contributed by atoms with Gasteiger partial charge in [-0.1, -0.05) is 23.9 Å². The van der Waals surface area contributed by atoms with Gasteiger partial charge in [-0.2, -0.15) is 0 Å². The van der Waals surface area contributed by atoms with E-state index in [0.29, 0.717) is 16.7 Å². The highest BCUT2D eigenvalue weighted by atomic mass is 32.2. The number of hydrogen-bond donors (Lipinski definition) is 3. The Bertz CT molecular complexity index is 958. The van der Waals surface area contributed by atoms with Crippen LogP contribution in [0.1, 0.15) is 6.92 Å². The Morgan fingerprint density at radius 1 is 1.11 bits per heavy atom. The molecule has 2 amide bonds. The van der Waals surface area contributed by atoms with E-state index in [-0.39, 0.29) is 23.3 Å². The minimum Gasteiger partial charge on any atom is -0.326 e. The fourth-order valence-corrected chi connectivity index (χ4v) is 2.83. The molecule has 1 heterocycles. The van der Waals surface area contributed by atoms with E-state index >= 15 is 0 Å². The molecule has 0 spiro atoms. The molecule has 0 radical (unpaired) electrons. The maximum atomic E-state index is 13.5. The van der Waals surface area contributed by atoms with Crippen LogP contribution in [-0.4, -0.2) is 32.7 Å². The standard InChI is InChI=1S/C18H16FN5O2S/c1-11(25)20-13-8-6-12(7-9-13)17-22-18(24-23-17)27-10-16(26)21-15-5-3-2-4-14(15)19/h2-9H,10H2,1H3,(H,20,25)(H,21,26)(H,22,23,24). The second kappa shape index (κ2) is 8.45. The predicted molar refractivity (Wildman–Crippen MR) is 102 cm³/mol. The van der Waals surface area contributed by atoms with Gasteiger partial charge in [0, 0.05) is 18.2 Å². The smallest absolute Gasteiger partial charge is 0.234 e. The molecule has 0 fully saturated rings. The lowest BCUT2D eigenvalue weighted by Crippen LogP contribution is -2.15. The Balaban J connectivity index is 1.57. The van der Waals surface area contributed by atoms with Crippen molar-refractivity contribution < 1.29 is 14.0 Å². The molecule has 3 rings (SSSR count). The van der Waals surface area contributed by atoms with Gasteiger partial charge < -0.3 is 10.6 Å². The number of benzene rings is 2. The highest BCUT2D eigenvalue weighted by Gasteiger charge is 2.11. The van der Waals surface area contributed by atoms with E-state index in [0.717, 1.165) is 17.3 Å². The summed E-state index contributed by atoms with van der Waals surface area (Å²) >= 11 is 1.14. The van der Waals surface area contributed by atoms with Crippen LogP contribution < -0.4 is 10.6 Å². The molecule has 2 aromatic carbocycles. The number of nitrogens with one attached hydrogen (secondary N) is 3. The molecule has 27 heavy (non-hydrogen) atoms. The van der Waals surface area contributed by atoms with Gasteiger partial charge in [0.05, 0.1) is 11.4 Å². The molecule has 138 valence electrons. The zero-order valence-electron chi connectivity index (χ0n) is 14.3. The van der Waals surface area contributed by atoms with Crippen molar-refractivity contribution in [3.8, 4) is 11.4 Å². The summed E-state index contributed by atoms with van der Waals surface area (Å²) in [6.07, 6.45) is 0. The number of para-hydroxylation sites is 1. The monoisotopic (exact) mass is 385 g/mol. The molecule has 0 saturated heterocycles. The highest BCUT2D eigenvalue weighted by molar-refractivity contribution is 7.99. The molecule has 3 aromatic rings. The van der Waals surface area contributed by atoms with Gasteiger partial charge in [-0.05, 0) is 36.4 Å². The van der Waals surface area contributed by atoms with Crippen molar-refractivity contribution in [2.75, 3.05) is 16.4 Å². The number of nitrogens with zero attached hydrogens (tertiary/aromatic N) is 2. The minimum atomic E-state index is -0.487. The van der Waals surface area contributed by atoms with Crippen LogP contribution >= 0.6 is 11.8 Å². The maximum Gasteiger partial charge on any atom is 0.234 e. The Kier molecular flexibility index (Phi) is 5.82. The second-order valence-electron chi connectivity index (χ2n) is 5.54. The van der Waals surface area contributed by atoms with Crippen LogP contribution in [0.15, 0.2) is 53.7 Å². The number of amides is 2. The van der Waals surface area contributed by atoms with E-state index in [1.165, 1.54) is 19.1 Å². The van der Waals surface area contributed by atoms with Crippen LogP contribution in [0.4, 0.5) is 15.8 Å². The van der Waals surface area contributed by atoms with Crippen LogP contribution in [0, 0.1) is 5.82 Å². The molecule has 1 aromatic heterocycles. The van der Waals surface area contributed by atoms with E-state index in [2.05, 4.69) is 25.8 Å². The molecule has 0 bridgehead atoms. The molecule has 0 aliphatic rings. The molecule has 0 atom stereocenters. The summed E-state index contributed by atoms with van der Waals surface area (Å²) < 4.78 is 13.5. The van der Waals surface area contributed by atoms with Crippen molar-refractivity contribution in [1.82, 2.24) is 15.2 Å². The van der Waals surface area contributed by atoms with Crippen LogP contribution in [0.5, 0.6) is 0 Å². The first-order chi connectivity index (χ1) is 13.0. The highest BCUT2D eigenvalue weighted by Crippen LogP contribution is 2.21. The third-order valence-electron chi connectivity index (χ3n) is 3.42. The molecule has 3 N–H and O–H groups in total. The number of anilines is 2. The SMILES string of the molecule is CC(=O)Nc1ccc(-c2nc(SCC(=O)Nc3ccccc3F)n[nH]2)cc1. The summed E-state index contributed by atoms with van der Waals surface area (Å²) in [6.45, 7) is 1.44. The lowest BCUT2D eigenvalue weighted by molar-refractivity contribution is -0.114. The van der Waals surface area contributed by atoms with Crippen LogP contribution in [0.2, 0.25) is 0 Å². The number of carbonyl (C=O) groups excluding carboxylic acids is 2. The molecule has 0 aliphatic carbocycles. The summed E-state index contributed by atoms with van der Waals surface area (Å²) in [6, 6.07) is 13.1. The van der Waals surface area contributed by atoms with Crippen molar-refractivity contribution in [3.05, 3.63) is 54.3 Å². The molecule has 0 unspecified atom stereocenters. The van der Waals surface area contributed by atoms with E-state index in [1.807, 2.05) is 0 Å². The molecule has 0 aliphatic heterocycles. The van der Waals surface area contributed by atoms with Crippen molar-refractivity contribution in [2.45, 2.75) is 12.1 Å². The van der Waals surface area contributed by atoms with Gasteiger partial charge in [-0.25, -0.2) is 9.37 Å². The zero-order valence-corrected chi connectivity index (χ0v) is 15.1. The van der Waals surface area contributed by atoms with Gasteiger partial charge in [0.1, 0.15) is 5.82 Å².